The van der Waals surface area contributed by atoms with Gasteiger partial charge in [0.2, 0.25) is 0 Å². The quantitative estimate of drug-likeness (QED) is 0.409. The lowest BCUT2D eigenvalue weighted by molar-refractivity contribution is 0.115. The molecule has 1 N–H and O–H groups in total. The summed E-state index contributed by atoms with van der Waals surface area (Å²) in [6, 6.07) is 9.90. The standard InChI is InChI=1S/C18H29N3O2/c1-19-18(21(2)12-14-22-15-16-9-10-16)20-11-6-13-23-17-7-4-3-5-8-17/h3-5,7-8,16H,6,9-15H2,1-2H3,(H,19,20). The maximum absolute atomic E-state index is 5.68. The van der Waals surface area contributed by atoms with Crippen molar-refractivity contribution < 1.29 is 9.47 Å². The second kappa shape index (κ2) is 10.1. The summed E-state index contributed by atoms with van der Waals surface area (Å²) in [7, 11) is 3.85. The first kappa shape index (κ1) is 17.6. The van der Waals surface area contributed by atoms with Gasteiger partial charge in [-0.15, -0.1) is 0 Å². The van der Waals surface area contributed by atoms with E-state index in [-0.39, 0.29) is 0 Å². The molecule has 23 heavy (non-hydrogen) atoms. The van der Waals surface area contributed by atoms with Gasteiger partial charge in [0.25, 0.3) is 0 Å². The van der Waals surface area contributed by atoms with Gasteiger partial charge >= 0.3 is 0 Å². The van der Waals surface area contributed by atoms with Gasteiger partial charge < -0.3 is 19.7 Å². The van der Waals surface area contributed by atoms with Crippen molar-refractivity contribution in [2.45, 2.75) is 19.3 Å². The fourth-order valence-electron chi connectivity index (χ4n) is 2.21. The third-order valence-electron chi connectivity index (χ3n) is 3.81. The minimum atomic E-state index is 0.697. The Morgan fingerprint density at radius 2 is 2.04 bits per heavy atom. The van der Waals surface area contributed by atoms with E-state index >= 15 is 0 Å². The molecule has 0 saturated heterocycles. The van der Waals surface area contributed by atoms with E-state index in [9.17, 15) is 0 Å². The Hall–Kier alpha value is -1.75. The van der Waals surface area contributed by atoms with Crippen molar-refractivity contribution in [2.75, 3.05) is 47.0 Å². The molecule has 0 aliphatic heterocycles. The van der Waals surface area contributed by atoms with Crippen LogP contribution in [0.15, 0.2) is 35.3 Å². The molecule has 0 amide bonds. The van der Waals surface area contributed by atoms with Crippen molar-refractivity contribution in [2.24, 2.45) is 10.9 Å². The molecule has 0 radical (unpaired) electrons. The lowest BCUT2D eigenvalue weighted by Crippen LogP contribution is -2.41. The van der Waals surface area contributed by atoms with E-state index in [0.29, 0.717) is 6.61 Å². The Bertz CT molecular complexity index is 461. The maximum Gasteiger partial charge on any atom is 0.193 e. The normalized spacial score (nSPS) is 14.6. The van der Waals surface area contributed by atoms with Crippen LogP contribution in [0.25, 0.3) is 0 Å². The molecule has 1 aliphatic carbocycles. The maximum atomic E-state index is 5.68. The average Bonchev–Trinajstić information content (AvgIpc) is 3.40. The van der Waals surface area contributed by atoms with Gasteiger partial charge in [0.15, 0.2) is 5.96 Å². The molecule has 128 valence electrons. The zero-order valence-corrected chi connectivity index (χ0v) is 14.3. The van der Waals surface area contributed by atoms with Crippen molar-refractivity contribution in [1.29, 1.82) is 0 Å². The molecule has 1 aliphatic rings. The first-order chi connectivity index (χ1) is 11.3. The van der Waals surface area contributed by atoms with E-state index in [2.05, 4.69) is 15.2 Å². The Labute approximate surface area is 139 Å². The van der Waals surface area contributed by atoms with Crippen molar-refractivity contribution in [1.82, 2.24) is 10.2 Å². The first-order valence-corrected chi connectivity index (χ1v) is 8.47. The third-order valence-corrected chi connectivity index (χ3v) is 3.81. The highest BCUT2D eigenvalue weighted by molar-refractivity contribution is 5.79. The van der Waals surface area contributed by atoms with Crippen LogP contribution in [0.5, 0.6) is 5.75 Å². The van der Waals surface area contributed by atoms with Gasteiger partial charge in [0, 0.05) is 33.8 Å². The van der Waals surface area contributed by atoms with Crippen LogP contribution in [0.1, 0.15) is 19.3 Å². The minimum Gasteiger partial charge on any atom is -0.494 e. The molecular formula is C18H29N3O2. The number of likely N-dealkylation sites (N-methyl/N-ethyl adjacent to an activating group) is 1. The molecule has 5 heteroatoms. The summed E-state index contributed by atoms with van der Waals surface area (Å²) >= 11 is 0. The van der Waals surface area contributed by atoms with Crippen LogP contribution >= 0.6 is 0 Å². The minimum absolute atomic E-state index is 0.697. The predicted molar refractivity (Wildman–Crippen MR) is 94.1 cm³/mol. The van der Waals surface area contributed by atoms with Crippen LogP contribution in [0.4, 0.5) is 0 Å². The molecule has 2 rings (SSSR count). The fourth-order valence-corrected chi connectivity index (χ4v) is 2.21. The summed E-state index contributed by atoms with van der Waals surface area (Å²) in [4.78, 5) is 6.41. The van der Waals surface area contributed by atoms with Crippen LogP contribution in [-0.4, -0.2) is 57.9 Å². The molecule has 0 aromatic heterocycles. The van der Waals surface area contributed by atoms with Gasteiger partial charge in [-0.2, -0.15) is 0 Å². The molecule has 0 unspecified atom stereocenters. The van der Waals surface area contributed by atoms with E-state index in [4.69, 9.17) is 9.47 Å². The molecule has 1 fully saturated rings. The van der Waals surface area contributed by atoms with Gasteiger partial charge in [-0.05, 0) is 37.3 Å². The number of rotatable bonds is 10. The fraction of sp³-hybridized carbons (Fsp3) is 0.611. The summed E-state index contributed by atoms with van der Waals surface area (Å²) in [5.41, 5.74) is 0. The summed E-state index contributed by atoms with van der Waals surface area (Å²) in [5.74, 6) is 2.64. The van der Waals surface area contributed by atoms with Crippen LogP contribution < -0.4 is 10.1 Å². The lowest BCUT2D eigenvalue weighted by Gasteiger charge is -2.22. The molecule has 0 heterocycles. The largest absolute Gasteiger partial charge is 0.494 e. The molecule has 5 nitrogen and oxygen atoms in total. The van der Waals surface area contributed by atoms with Crippen molar-refractivity contribution in [3.8, 4) is 5.75 Å². The zero-order valence-electron chi connectivity index (χ0n) is 14.3. The van der Waals surface area contributed by atoms with Crippen molar-refractivity contribution in [3.05, 3.63) is 30.3 Å². The summed E-state index contributed by atoms with van der Waals surface area (Å²) in [5, 5.41) is 3.36. The number of aliphatic imine (C=N–C) groups is 1. The Morgan fingerprint density at radius 1 is 1.26 bits per heavy atom. The molecule has 1 aromatic carbocycles. The number of guanidine groups is 1. The monoisotopic (exact) mass is 319 g/mol. The highest BCUT2D eigenvalue weighted by Gasteiger charge is 2.21. The number of hydrogen-bond acceptors (Lipinski definition) is 3. The predicted octanol–water partition coefficient (Wildman–Crippen LogP) is 2.39. The first-order valence-electron chi connectivity index (χ1n) is 8.47. The van der Waals surface area contributed by atoms with Gasteiger partial charge in [-0.25, -0.2) is 0 Å². The van der Waals surface area contributed by atoms with Crippen molar-refractivity contribution in [3.63, 3.8) is 0 Å². The number of hydrogen-bond donors (Lipinski definition) is 1. The Morgan fingerprint density at radius 3 is 2.74 bits per heavy atom. The number of para-hydroxylation sites is 1. The second-order valence-electron chi connectivity index (χ2n) is 5.93. The van der Waals surface area contributed by atoms with Crippen LogP contribution in [-0.2, 0) is 4.74 Å². The summed E-state index contributed by atoms with van der Waals surface area (Å²) in [6.45, 7) is 4.06. The molecule has 0 spiro atoms. The summed E-state index contributed by atoms with van der Waals surface area (Å²) in [6.07, 6.45) is 3.61. The smallest absolute Gasteiger partial charge is 0.193 e. The van der Waals surface area contributed by atoms with E-state index in [0.717, 1.165) is 50.4 Å². The SMILES string of the molecule is CN=C(NCCCOc1ccccc1)N(C)CCOCC1CC1. The Kier molecular flexibility index (Phi) is 7.73. The van der Waals surface area contributed by atoms with E-state index in [1.807, 2.05) is 44.4 Å². The van der Waals surface area contributed by atoms with Crippen LogP contribution in [0, 0.1) is 5.92 Å². The van der Waals surface area contributed by atoms with Gasteiger partial charge in [0.1, 0.15) is 5.75 Å². The van der Waals surface area contributed by atoms with Crippen LogP contribution in [0.2, 0.25) is 0 Å². The molecular weight excluding hydrogens is 290 g/mol. The molecule has 0 atom stereocenters. The highest BCUT2D eigenvalue weighted by Crippen LogP contribution is 2.28. The van der Waals surface area contributed by atoms with Crippen molar-refractivity contribution >= 4 is 5.96 Å². The molecule has 0 bridgehead atoms. The molecule has 1 aromatic rings. The average molecular weight is 319 g/mol. The highest BCUT2D eigenvalue weighted by atomic mass is 16.5. The van der Waals surface area contributed by atoms with Gasteiger partial charge in [-0.1, -0.05) is 18.2 Å². The zero-order chi connectivity index (χ0) is 16.3. The molecule has 1 saturated carbocycles. The third kappa shape index (κ3) is 7.37. The second-order valence-corrected chi connectivity index (χ2v) is 5.93. The van der Waals surface area contributed by atoms with E-state index in [1.54, 1.807) is 0 Å². The lowest BCUT2D eigenvalue weighted by atomic mass is 10.3. The van der Waals surface area contributed by atoms with Crippen LogP contribution in [0.3, 0.4) is 0 Å². The van der Waals surface area contributed by atoms with Gasteiger partial charge in [0.05, 0.1) is 13.2 Å². The number of ether oxygens (including phenoxy) is 2. The van der Waals surface area contributed by atoms with Gasteiger partial charge in [-0.3, -0.25) is 4.99 Å². The van der Waals surface area contributed by atoms with E-state index in [1.165, 1.54) is 12.8 Å². The topological polar surface area (TPSA) is 46.1 Å². The van der Waals surface area contributed by atoms with E-state index < -0.39 is 0 Å². The summed E-state index contributed by atoms with van der Waals surface area (Å²) < 4.78 is 11.3. The Balaban J connectivity index is 1.52. The number of nitrogens with zero attached hydrogens (tertiary/aromatic N) is 2. The number of benzene rings is 1. The number of nitrogens with one attached hydrogen (secondary N) is 1.